The predicted octanol–water partition coefficient (Wildman–Crippen LogP) is 0.683. The van der Waals surface area contributed by atoms with Crippen molar-refractivity contribution in [1.29, 1.82) is 0 Å². The van der Waals surface area contributed by atoms with Gasteiger partial charge in [0.05, 0.1) is 0 Å². The SMILES string of the molecule is CNc1cc(NC2CCC(=O)N(C)C2=O)ccn1. The molecule has 0 radical (unpaired) electrons. The van der Waals surface area contributed by atoms with E-state index in [1.807, 2.05) is 6.07 Å². The monoisotopic (exact) mass is 248 g/mol. The number of piperidine rings is 1. The van der Waals surface area contributed by atoms with Crippen molar-refractivity contribution in [2.45, 2.75) is 18.9 Å². The molecular weight excluding hydrogens is 232 g/mol. The summed E-state index contributed by atoms with van der Waals surface area (Å²) < 4.78 is 0. The van der Waals surface area contributed by atoms with Gasteiger partial charge in [-0.1, -0.05) is 0 Å². The summed E-state index contributed by atoms with van der Waals surface area (Å²) in [4.78, 5) is 28.5. The fourth-order valence-corrected chi connectivity index (χ4v) is 1.91. The zero-order valence-corrected chi connectivity index (χ0v) is 10.4. The van der Waals surface area contributed by atoms with Crippen LogP contribution in [0.15, 0.2) is 18.3 Å². The van der Waals surface area contributed by atoms with Crippen molar-refractivity contribution in [1.82, 2.24) is 9.88 Å². The average molecular weight is 248 g/mol. The molecule has 0 aromatic carbocycles. The molecule has 6 heteroatoms. The number of nitrogens with one attached hydrogen (secondary N) is 2. The third-order valence-electron chi connectivity index (χ3n) is 3.01. The van der Waals surface area contributed by atoms with E-state index in [1.165, 1.54) is 11.9 Å². The van der Waals surface area contributed by atoms with Gasteiger partial charge < -0.3 is 10.6 Å². The molecule has 1 fully saturated rings. The number of carbonyl (C=O) groups is 2. The van der Waals surface area contributed by atoms with Crippen molar-refractivity contribution >= 4 is 23.3 Å². The second kappa shape index (κ2) is 5.03. The first kappa shape index (κ1) is 12.3. The molecule has 0 aliphatic carbocycles. The molecule has 0 bridgehead atoms. The molecule has 2 N–H and O–H groups in total. The highest BCUT2D eigenvalue weighted by Gasteiger charge is 2.31. The van der Waals surface area contributed by atoms with Crippen LogP contribution in [0.3, 0.4) is 0 Å². The number of pyridine rings is 1. The van der Waals surface area contributed by atoms with E-state index in [9.17, 15) is 9.59 Å². The zero-order valence-electron chi connectivity index (χ0n) is 10.4. The summed E-state index contributed by atoms with van der Waals surface area (Å²) in [5.41, 5.74) is 0.815. The Balaban J connectivity index is 2.09. The minimum Gasteiger partial charge on any atom is -0.374 e. The molecule has 1 saturated heterocycles. The topological polar surface area (TPSA) is 74.3 Å². The second-order valence-corrected chi connectivity index (χ2v) is 4.21. The Kier molecular flexibility index (Phi) is 3.45. The van der Waals surface area contributed by atoms with E-state index in [2.05, 4.69) is 15.6 Å². The van der Waals surface area contributed by atoms with Crippen molar-refractivity contribution in [2.75, 3.05) is 24.7 Å². The molecule has 6 nitrogen and oxygen atoms in total. The number of likely N-dealkylation sites (N-methyl/N-ethyl adjacent to an activating group) is 1. The number of hydrogen-bond donors (Lipinski definition) is 2. The van der Waals surface area contributed by atoms with Crippen LogP contribution < -0.4 is 10.6 Å². The van der Waals surface area contributed by atoms with Gasteiger partial charge >= 0.3 is 0 Å². The summed E-state index contributed by atoms with van der Waals surface area (Å²) in [6.45, 7) is 0. The number of amides is 2. The minimum atomic E-state index is -0.347. The molecule has 0 spiro atoms. The van der Waals surface area contributed by atoms with Gasteiger partial charge in [0.25, 0.3) is 5.91 Å². The first-order valence-electron chi connectivity index (χ1n) is 5.82. The number of hydrogen-bond acceptors (Lipinski definition) is 5. The highest BCUT2D eigenvalue weighted by atomic mass is 16.2. The molecule has 1 aromatic heterocycles. The van der Waals surface area contributed by atoms with Crippen molar-refractivity contribution in [3.8, 4) is 0 Å². The first-order chi connectivity index (χ1) is 8.61. The lowest BCUT2D eigenvalue weighted by Crippen LogP contribution is -2.48. The van der Waals surface area contributed by atoms with Crippen LogP contribution >= 0.6 is 0 Å². The quantitative estimate of drug-likeness (QED) is 0.770. The lowest BCUT2D eigenvalue weighted by Gasteiger charge is -2.28. The smallest absolute Gasteiger partial charge is 0.251 e. The maximum Gasteiger partial charge on any atom is 0.251 e. The summed E-state index contributed by atoms with van der Waals surface area (Å²) in [7, 11) is 3.30. The lowest BCUT2D eigenvalue weighted by molar-refractivity contribution is -0.146. The van der Waals surface area contributed by atoms with Gasteiger partial charge in [-0.15, -0.1) is 0 Å². The molecule has 2 rings (SSSR count). The van der Waals surface area contributed by atoms with Crippen molar-refractivity contribution < 1.29 is 9.59 Å². The van der Waals surface area contributed by atoms with Gasteiger partial charge in [0, 0.05) is 38.5 Å². The molecule has 1 aliphatic rings. The van der Waals surface area contributed by atoms with Crippen LogP contribution in [-0.4, -0.2) is 41.8 Å². The number of imide groups is 1. The number of nitrogens with zero attached hydrogens (tertiary/aromatic N) is 2. The van der Waals surface area contributed by atoms with Crippen molar-refractivity contribution in [3.63, 3.8) is 0 Å². The molecule has 96 valence electrons. The van der Waals surface area contributed by atoms with E-state index in [-0.39, 0.29) is 17.9 Å². The van der Waals surface area contributed by atoms with Gasteiger partial charge in [-0.25, -0.2) is 4.98 Å². The van der Waals surface area contributed by atoms with Gasteiger partial charge in [0.15, 0.2) is 0 Å². The van der Waals surface area contributed by atoms with Gasteiger partial charge in [-0.2, -0.15) is 0 Å². The molecule has 1 aliphatic heterocycles. The summed E-state index contributed by atoms with van der Waals surface area (Å²) >= 11 is 0. The van der Waals surface area contributed by atoms with Gasteiger partial charge in [0.1, 0.15) is 11.9 Å². The summed E-state index contributed by atoms with van der Waals surface area (Å²) in [5.74, 6) is 0.422. The van der Waals surface area contributed by atoms with Crippen LogP contribution in [0.5, 0.6) is 0 Å². The summed E-state index contributed by atoms with van der Waals surface area (Å²) in [6, 6.07) is 3.27. The lowest BCUT2D eigenvalue weighted by atomic mass is 10.0. The first-order valence-corrected chi connectivity index (χ1v) is 5.82. The number of anilines is 2. The van der Waals surface area contributed by atoms with E-state index in [0.717, 1.165) is 11.5 Å². The summed E-state index contributed by atoms with van der Waals surface area (Å²) in [5, 5.41) is 6.06. The Morgan fingerprint density at radius 1 is 1.44 bits per heavy atom. The highest BCUT2D eigenvalue weighted by Crippen LogP contribution is 2.18. The Morgan fingerprint density at radius 3 is 2.94 bits per heavy atom. The van der Waals surface area contributed by atoms with E-state index in [1.54, 1.807) is 19.3 Å². The molecule has 0 saturated carbocycles. The van der Waals surface area contributed by atoms with Crippen molar-refractivity contribution in [2.24, 2.45) is 0 Å². The number of likely N-dealkylation sites (tertiary alicyclic amines) is 1. The minimum absolute atomic E-state index is 0.122. The van der Waals surface area contributed by atoms with Gasteiger partial charge in [0.2, 0.25) is 5.91 Å². The third kappa shape index (κ3) is 2.42. The molecule has 1 aromatic rings. The predicted molar refractivity (Wildman–Crippen MR) is 68.2 cm³/mol. The van der Waals surface area contributed by atoms with Crippen LogP contribution in [0.2, 0.25) is 0 Å². The molecule has 18 heavy (non-hydrogen) atoms. The Hall–Kier alpha value is -2.11. The zero-order chi connectivity index (χ0) is 13.1. The van der Waals surface area contributed by atoms with E-state index >= 15 is 0 Å². The Labute approximate surface area is 105 Å². The molecule has 2 amide bonds. The number of rotatable bonds is 3. The van der Waals surface area contributed by atoms with Crippen LogP contribution in [0.25, 0.3) is 0 Å². The maximum atomic E-state index is 11.9. The van der Waals surface area contributed by atoms with E-state index in [4.69, 9.17) is 0 Å². The molecule has 1 atom stereocenters. The van der Waals surface area contributed by atoms with Crippen LogP contribution in [-0.2, 0) is 9.59 Å². The third-order valence-corrected chi connectivity index (χ3v) is 3.01. The molecule has 1 unspecified atom stereocenters. The number of aromatic nitrogens is 1. The Bertz CT molecular complexity index is 475. The second-order valence-electron chi connectivity index (χ2n) is 4.21. The van der Waals surface area contributed by atoms with Gasteiger partial charge in [-0.3, -0.25) is 14.5 Å². The van der Waals surface area contributed by atoms with Crippen molar-refractivity contribution in [3.05, 3.63) is 18.3 Å². The van der Waals surface area contributed by atoms with Crippen LogP contribution in [0.1, 0.15) is 12.8 Å². The summed E-state index contributed by atoms with van der Waals surface area (Å²) in [6.07, 6.45) is 2.58. The fourth-order valence-electron chi connectivity index (χ4n) is 1.91. The fraction of sp³-hybridized carbons (Fsp3) is 0.417. The van der Waals surface area contributed by atoms with E-state index in [0.29, 0.717) is 12.8 Å². The van der Waals surface area contributed by atoms with Crippen LogP contribution in [0.4, 0.5) is 11.5 Å². The average Bonchev–Trinajstić information content (AvgIpc) is 2.40. The van der Waals surface area contributed by atoms with E-state index < -0.39 is 0 Å². The Morgan fingerprint density at radius 2 is 2.22 bits per heavy atom. The normalized spacial score (nSPS) is 19.9. The highest BCUT2D eigenvalue weighted by molar-refractivity contribution is 6.01. The number of carbonyl (C=O) groups excluding carboxylic acids is 2. The van der Waals surface area contributed by atoms with Gasteiger partial charge in [-0.05, 0) is 12.5 Å². The maximum absolute atomic E-state index is 11.9. The van der Waals surface area contributed by atoms with Crippen LogP contribution in [0, 0.1) is 0 Å². The molecule has 2 heterocycles. The largest absolute Gasteiger partial charge is 0.374 e. The molecular formula is C12H16N4O2. The standard InChI is InChI=1S/C12H16N4O2/c1-13-10-7-8(5-6-14-10)15-9-3-4-11(17)16(2)12(9)18/h5-7,9H,3-4H2,1-2H3,(H2,13,14,15).